The summed E-state index contributed by atoms with van der Waals surface area (Å²) in [6, 6.07) is 17.1. The minimum atomic E-state index is 0.0611. The number of hydrogen-bond acceptors (Lipinski definition) is 3. The van der Waals surface area contributed by atoms with Crippen molar-refractivity contribution in [2.24, 2.45) is 0 Å². The van der Waals surface area contributed by atoms with Gasteiger partial charge in [0.25, 0.3) is 0 Å². The molecule has 0 bridgehead atoms. The summed E-state index contributed by atoms with van der Waals surface area (Å²) < 4.78 is 5.27. The summed E-state index contributed by atoms with van der Waals surface area (Å²) in [7, 11) is 1.71. The third-order valence-corrected chi connectivity index (χ3v) is 6.55. The molecule has 2 aromatic rings. The van der Waals surface area contributed by atoms with Crippen molar-refractivity contribution < 1.29 is 9.53 Å². The predicted octanol–water partition coefficient (Wildman–Crippen LogP) is 4.37. The molecule has 154 valence electrons. The molecule has 1 unspecified atom stereocenters. The van der Waals surface area contributed by atoms with Gasteiger partial charge in [-0.05, 0) is 74.9 Å². The molecule has 4 nitrogen and oxygen atoms in total. The number of likely N-dealkylation sites (tertiary alicyclic amines) is 2. The van der Waals surface area contributed by atoms with E-state index in [-0.39, 0.29) is 6.04 Å². The fourth-order valence-corrected chi connectivity index (χ4v) is 4.75. The molecule has 2 heterocycles. The summed E-state index contributed by atoms with van der Waals surface area (Å²) in [5.41, 5.74) is 3.88. The number of piperidine rings is 2. The van der Waals surface area contributed by atoms with Gasteiger partial charge in [-0.2, -0.15) is 0 Å². The second-order valence-electron chi connectivity index (χ2n) is 8.49. The molecule has 1 atom stereocenters. The lowest BCUT2D eigenvalue weighted by Crippen LogP contribution is -2.53. The van der Waals surface area contributed by atoms with Crippen molar-refractivity contribution in [2.75, 3.05) is 26.7 Å². The quantitative estimate of drug-likeness (QED) is 0.757. The topological polar surface area (TPSA) is 32.8 Å². The first-order valence-electron chi connectivity index (χ1n) is 10.9. The van der Waals surface area contributed by atoms with Crippen LogP contribution in [-0.2, 0) is 11.3 Å². The lowest BCUT2D eigenvalue weighted by Gasteiger charge is -2.41. The van der Waals surface area contributed by atoms with E-state index >= 15 is 0 Å². The van der Waals surface area contributed by atoms with E-state index in [9.17, 15) is 4.79 Å². The summed E-state index contributed by atoms with van der Waals surface area (Å²) in [5.74, 6) is 1.81. The Balaban J connectivity index is 1.34. The monoisotopic (exact) mass is 392 g/mol. The number of rotatable bonds is 5. The molecule has 4 rings (SSSR count). The predicted molar refractivity (Wildman–Crippen MR) is 116 cm³/mol. The standard InChI is InChI=1S/C25H32N2O2/c1-19-5-7-20(8-6-19)18-27-15-3-4-24(25(27)28)26-16-13-22(14-17-26)21-9-11-23(29-2)12-10-21/h5-12,22,24H,3-4,13-18H2,1-2H3. The number of methoxy groups -OCH3 is 1. The maximum atomic E-state index is 13.2. The number of carbonyl (C=O) groups excluding carboxylic acids is 1. The van der Waals surface area contributed by atoms with Gasteiger partial charge in [-0.25, -0.2) is 0 Å². The zero-order valence-electron chi connectivity index (χ0n) is 17.6. The van der Waals surface area contributed by atoms with Crippen LogP contribution in [0.15, 0.2) is 48.5 Å². The van der Waals surface area contributed by atoms with Gasteiger partial charge < -0.3 is 9.64 Å². The number of ether oxygens (including phenoxy) is 1. The summed E-state index contributed by atoms with van der Waals surface area (Å²) in [6.45, 7) is 5.72. The maximum Gasteiger partial charge on any atom is 0.240 e. The van der Waals surface area contributed by atoms with Crippen LogP contribution in [0.25, 0.3) is 0 Å². The second-order valence-corrected chi connectivity index (χ2v) is 8.49. The minimum absolute atomic E-state index is 0.0611. The normalized spacial score (nSPS) is 21.4. The van der Waals surface area contributed by atoms with Crippen molar-refractivity contribution in [1.82, 2.24) is 9.80 Å². The summed E-state index contributed by atoms with van der Waals surface area (Å²) in [6.07, 6.45) is 4.33. The van der Waals surface area contributed by atoms with E-state index in [1.54, 1.807) is 7.11 Å². The Hall–Kier alpha value is -2.33. The van der Waals surface area contributed by atoms with Crippen molar-refractivity contribution in [3.63, 3.8) is 0 Å². The fraction of sp³-hybridized carbons (Fsp3) is 0.480. The van der Waals surface area contributed by atoms with E-state index in [0.717, 1.165) is 57.6 Å². The molecule has 0 radical (unpaired) electrons. The first kappa shape index (κ1) is 20.0. The van der Waals surface area contributed by atoms with E-state index < -0.39 is 0 Å². The Kier molecular flexibility index (Phi) is 6.19. The van der Waals surface area contributed by atoms with E-state index in [0.29, 0.717) is 11.8 Å². The van der Waals surface area contributed by atoms with Gasteiger partial charge >= 0.3 is 0 Å². The van der Waals surface area contributed by atoms with Gasteiger partial charge in [0.15, 0.2) is 0 Å². The van der Waals surface area contributed by atoms with Crippen molar-refractivity contribution in [3.05, 3.63) is 65.2 Å². The van der Waals surface area contributed by atoms with Gasteiger partial charge in [-0.15, -0.1) is 0 Å². The number of hydrogen-bond donors (Lipinski definition) is 0. The Morgan fingerprint density at radius 1 is 0.931 bits per heavy atom. The van der Waals surface area contributed by atoms with Crippen molar-refractivity contribution >= 4 is 5.91 Å². The van der Waals surface area contributed by atoms with Gasteiger partial charge in [-0.3, -0.25) is 9.69 Å². The Labute approximate surface area is 174 Å². The summed E-state index contributed by atoms with van der Waals surface area (Å²) >= 11 is 0. The lowest BCUT2D eigenvalue weighted by molar-refractivity contribution is -0.141. The second kappa shape index (κ2) is 9.00. The van der Waals surface area contributed by atoms with Crippen LogP contribution in [0.5, 0.6) is 5.75 Å². The van der Waals surface area contributed by atoms with Gasteiger partial charge in [0, 0.05) is 13.1 Å². The molecule has 1 amide bonds. The zero-order valence-corrected chi connectivity index (χ0v) is 17.6. The SMILES string of the molecule is COc1ccc(C2CCN(C3CCCN(Cc4ccc(C)cc4)C3=O)CC2)cc1. The van der Waals surface area contributed by atoms with Gasteiger partial charge in [0.1, 0.15) is 5.75 Å². The molecule has 0 spiro atoms. The third kappa shape index (κ3) is 4.64. The highest BCUT2D eigenvalue weighted by atomic mass is 16.5. The molecule has 4 heteroatoms. The molecule has 2 aromatic carbocycles. The molecule has 0 saturated carbocycles. The molecule has 2 aliphatic heterocycles. The Morgan fingerprint density at radius 2 is 1.62 bits per heavy atom. The van der Waals surface area contributed by atoms with Crippen LogP contribution < -0.4 is 4.74 Å². The Bertz CT molecular complexity index is 808. The molecule has 2 saturated heterocycles. The molecular formula is C25H32N2O2. The molecule has 29 heavy (non-hydrogen) atoms. The van der Waals surface area contributed by atoms with Crippen molar-refractivity contribution in [1.29, 1.82) is 0 Å². The fourth-order valence-electron chi connectivity index (χ4n) is 4.75. The smallest absolute Gasteiger partial charge is 0.240 e. The third-order valence-electron chi connectivity index (χ3n) is 6.55. The van der Waals surface area contributed by atoms with E-state index in [2.05, 4.69) is 65.3 Å². The van der Waals surface area contributed by atoms with Crippen LogP contribution in [0.4, 0.5) is 0 Å². The number of amides is 1. The van der Waals surface area contributed by atoms with Crippen LogP contribution in [0, 0.1) is 6.92 Å². The van der Waals surface area contributed by atoms with Gasteiger partial charge in [0.05, 0.1) is 13.2 Å². The highest BCUT2D eigenvalue weighted by Crippen LogP contribution is 2.31. The molecule has 0 aromatic heterocycles. The van der Waals surface area contributed by atoms with Crippen LogP contribution in [-0.4, -0.2) is 48.5 Å². The van der Waals surface area contributed by atoms with Crippen LogP contribution in [0.1, 0.15) is 48.3 Å². The van der Waals surface area contributed by atoms with Crippen molar-refractivity contribution in [3.8, 4) is 5.75 Å². The molecule has 2 aliphatic rings. The average Bonchev–Trinajstić information content (AvgIpc) is 2.77. The van der Waals surface area contributed by atoms with Gasteiger partial charge in [0.2, 0.25) is 5.91 Å². The largest absolute Gasteiger partial charge is 0.497 e. The molecule has 0 N–H and O–H groups in total. The first-order chi connectivity index (χ1) is 14.1. The summed E-state index contributed by atoms with van der Waals surface area (Å²) in [5, 5.41) is 0. The Morgan fingerprint density at radius 3 is 2.28 bits per heavy atom. The number of nitrogens with zero attached hydrogens (tertiary/aromatic N) is 2. The number of benzene rings is 2. The summed E-state index contributed by atoms with van der Waals surface area (Å²) in [4.78, 5) is 17.7. The minimum Gasteiger partial charge on any atom is -0.497 e. The van der Waals surface area contributed by atoms with Crippen LogP contribution in [0.2, 0.25) is 0 Å². The zero-order chi connectivity index (χ0) is 20.2. The number of aryl methyl sites for hydroxylation is 1. The first-order valence-corrected chi connectivity index (χ1v) is 10.9. The number of carbonyl (C=O) groups is 1. The van der Waals surface area contributed by atoms with E-state index in [1.807, 2.05) is 0 Å². The molecule has 2 fully saturated rings. The van der Waals surface area contributed by atoms with E-state index in [4.69, 9.17) is 4.74 Å². The van der Waals surface area contributed by atoms with Gasteiger partial charge in [-0.1, -0.05) is 42.0 Å². The highest BCUT2D eigenvalue weighted by molar-refractivity contribution is 5.82. The average molecular weight is 393 g/mol. The van der Waals surface area contributed by atoms with E-state index in [1.165, 1.54) is 16.7 Å². The highest BCUT2D eigenvalue weighted by Gasteiger charge is 2.35. The van der Waals surface area contributed by atoms with Crippen LogP contribution in [0.3, 0.4) is 0 Å². The molecule has 0 aliphatic carbocycles. The van der Waals surface area contributed by atoms with Crippen molar-refractivity contribution in [2.45, 2.75) is 51.1 Å². The maximum absolute atomic E-state index is 13.2. The van der Waals surface area contributed by atoms with Crippen LogP contribution >= 0.6 is 0 Å². The molecular weight excluding hydrogens is 360 g/mol. The lowest BCUT2D eigenvalue weighted by atomic mass is 9.88.